The Bertz CT molecular complexity index is 608. The molecular formula is C17H19F3N2O2. The molecule has 2 atom stereocenters. The van der Waals surface area contributed by atoms with Crippen LogP contribution >= 0.6 is 0 Å². The first-order chi connectivity index (χ1) is 11.3. The van der Waals surface area contributed by atoms with Gasteiger partial charge >= 0.3 is 6.18 Å². The summed E-state index contributed by atoms with van der Waals surface area (Å²) in [6.07, 6.45) is -4.07. The molecule has 1 aliphatic heterocycles. The summed E-state index contributed by atoms with van der Waals surface area (Å²) in [6.45, 7) is 0.851. The van der Waals surface area contributed by atoms with Crippen LogP contribution in [0.15, 0.2) is 24.3 Å². The topological polar surface area (TPSA) is 53.3 Å². The highest BCUT2D eigenvalue weighted by atomic mass is 19.4. The smallest absolute Gasteiger partial charge is 0.368 e. The van der Waals surface area contributed by atoms with Crippen LogP contribution in [0.4, 0.5) is 13.2 Å². The van der Waals surface area contributed by atoms with Crippen molar-refractivity contribution in [2.75, 3.05) is 13.2 Å². The first kappa shape index (κ1) is 18.3. The molecule has 1 aliphatic rings. The van der Waals surface area contributed by atoms with E-state index < -0.39 is 24.7 Å². The van der Waals surface area contributed by atoms with E-state index in [0.717, 1.165) is 11.3 Å². The van der Waals surface area contributed by atoms with Crippen molar-refractivity contribution in [2.24, 2.45) is 5.92 Å². The number of ether oxygens (including phenoxy) is 1. The number of nitriles is 1. The summed E-state index contributed by atoms with van der Waals surface area (Å²) >= 11 is 0. The Morgan fingerprint density at radius 1 is 1.38 bits per heavy atom. The summed E-state index contributed by atoms with van der Waals surface area (Å²) in [5, 5.41) is 8.77. The van der Waals surface area contributed by atoms with Crippen molar-refractivity contribution in [3.63, 3.8) is 0 Å². The Morgan fingerprint density at radius 2 is 2.04 bits per heavy atom. The van der Waals surface area contributed by atoms with Gasteiger partial charge in [-0.2, -0.15) is 18.4 Å². The fourth-order valence-corrected chi connectivity index (χ4v) is 2.67. The third-order valence-corrected chi connectivity index (χ3v) is 3.96. The number of alkyl halides is 3. The maximum atomic E-state index is 12.9. The second-order valence-corrected chi connectivity index (χ2v) is 6.11. The maximum absolute atomic E-state index is 12.9. The van der Waals surface area contributed by atoms with Gasteiger partial charge in [0.25, 0.3) is 5.91 Å². The summed E-state index contributed by atoms with van der Waals surface area (Å²) in [7, 11) is 0. The number of hydrogen-bond donors (Lipinski definition) is 0. The average Bonchev–Trinajstić information content (AvgIpc) is 2.53. The minimum absolute atomic E-state index is 0.168. The lowest BCUT2D eigenvalue weighted by atomic mass is 9.97. The van der Waals surface area contributed by atoms with Gasteiger partial charge < -0.3 is 9.64 Å². The molecule has 0 N–H and O–H groups in total. The summed E-state index contributed by atoms with van der Waals surface area (Å²) < 4.78 is 43.9. The molecule has 0 saturated carbocycles. The molecule has 0 unspecified atom stereocenters. The molecule has 0 bridgehead atoms. The van der Waals surface area contributed by atoms with Gasteiger partial charge in [0.15, 0.2) is 0 Å². The SMILES string of the molecule is C[C@H]1CCO[C@H](C(=O)N(Cc2ccc(C#N)cc2)CC(F)(F)F)C1. The molecule has 1 heterocycles. The molecule has 1 aromatic carbocycles. The van der Waals surface area contributed by atoms with Crippen LogP contribution in [0, 0.1) is 17.2 Å². The van der Waals surface area contributed by atoms with Crippen LogP contribution in [0.5, 0.6) is 0 Å². The fourth-order valence-electron chi connectivity index (χ4n) is 2.67. The van der Waals surface area contributed by atoms with Gasteiger partial charge in [0.2, 0.25) is 0 Å². The van der Waals surface area contributed by atoms with E-state index in [0.29, 0.717) is 24.2 Å². The number of amides is 1. The molecule has 4 nitrogen and oxygen atoms in total. The van der Waals surface area contributed by atoms with Gasteiger partial charge in [-0.15, -0.1) is 0 Å². The minimum atomic E-state index is -4.48. The highest BCUT2D eigenvalue weighted by Gasteiger charge is 2.37. The van der Waals surface area contributed by atoms with E-state index in [1.165, 1.54) is 12.1 Å². The predicted octanol–water partition coefficient (Wildman–Crippen LogP) is 3.26. The first-order valence-corrected chi connectivity index (χ1v) is 7.74. The zero-order valence-corrected chi connectivity index (χ0v) is 13.3. The highest BCUT2D eigenvalue weighted by Crippen LogP contribution is 2.24. The average molecular weight is 340 g/mol. The molecule has 130 valence electrons. The zero-order chi connectivity index (χ0) is 17.7. The van der Waals surface area contributed by atoms with Gasteiger partial charge in [-0.05, 0) is 36.5 Å². The largest absolute Gasteiger partial charge is 0.406 e. The van der Waals surface area contributed by atoms with E-state index >= 15 is 0 Å². The van der Waals surface area contributed by atoms with Crippen LogP contribution in [0.3, 0.4) is 0 Å². The number of carbonyl (C=O) groups excluding carboxylic acids is 1. The van der Waals surface area contributed by atoms with Gasteiger partial charge in [-0.1, -0.05) is 19.1 Å². The van der Waals surface area contributed by atoms with Crippen LogP contribution in [0.25, 0.3) is 0 Å². The lowest BCUT2D eigenvalue weighted by molar-refractivity contribution is -0.172. The Kier molecular flexibility index (Phi) is 5.84. The summed E-state index contributed by atoms with van der Waals surface area (Å²) in [4.78, 5) is 13.3. The molecular weight excluding hydrogens is 321 g/mol. The molecule has 1 saturated heterocycles. The quantitative estimate of drug-likeness (QED) is 0.845. The van der Waals surface area contributed by atoms with Crippen molar-refractivity contribution in [2.45, 2.75) is 38.6 Å². The molecule has 0 aliphatic carbocycles. The highest BCUT2D eigenvalue weighted by molar-refractivity contribution is 5.81. The fraction of sp³-hybridized carbons (Fsp3) is 0.529. The maximum Gasteiger partial charge on any atom is 0.406 e. The van der Waals surface area contributed by atoms with Gasteiger partial charge in [0.05, 0.1) is 11.6 Å². The number of halogens is 3. The Morgan fingerprint density at radius 3 is 2.58 bits per heavy atom. The third-order valence-electron chi connectivity index (χ3n) is 3.96. The molecule has 1 fully saturated rings. The van der Waals surface area contributed by atoms with Crippen molar-refractivity contribution in [1.82, 2.24) is 4.90 Å². The number of carbonyl (C=O) groups is 1. The van der Waals surface area contributed by atoms with Crippen LogP contribution in [-0.2, 0) is 16.1 Å². The summed E-state index contributed by atoms with van der Waals surface area (Å²) in [6, 6.07) is 8.09. The van der Waals surface area contributed by atoms with Crippen molar-refractivity contribution >= 4 is 5.91 Å². The standard InChI is InChI=1S/C17H19F3N2O2/c1-12-6-7-24-15(8-12)16(23)22(11-17(18,19)20)10-14-4-2-13(9-21)3-5-14/h2-5,12,15H,6-8,10-11H2,1H3/t12-,15-/m0/s1. The van der Waals surface area contributed by atoms with Gasteiger partial charge in [0.1, 0.15) is 12.6 Å². The summed E-state index contributed by atoms with van der Waals surface area (Å²) in [5.41, 5.74) is 0.951. The Balaban J connectivity index is 2.14. The van der Waals surface area contributed by atoms with E-state index in [-0.39, 0.29) is 12.5 Å². The van der Waals surface area contributed by atoms with Crippen molar-refractivity contribution in [3.8, 4) is 6.07 Å². The van der Waals surface area contributed by atoms with Gasteiger partial charge in [-0.3, -0.25) is 4.79 Å². The first-order valence-electron chi connectivity index (χ1n) is 7.74. The van der Waals surface area contributed by atoms with E-state index in [1.807, 2.05) is 13.0 Å². The number of hydrogen-bond acceptors (Lipinski definition) is 3. The van der Waals surface area contributed by atoms with Crippen LogP contribution in [0.1, 0.15) is 30.9 Å². The molecule has 24 heavy (non-hydrogen) atoms. The van der Waals surface area contributed by atoms with Crippen LogP contribution < -0.4 is 0 Å². The van der Waals surface area contributed by atoms with Crippen molar-refractivity contribution in [1.29, 1.82) is 5.26 Å². The normalized spacial score (nSPS) is 21.1. The molecule has 1 amide bonds. The Hall–Kier alpha value is -2.07. The van der Waals surface area contributed by atoms with Crippen molar-refractivity contribution in [3.05, 3.63) is 35.4 Å². The van der Waals surface area contributed by atoms with E-state index in [2.05, 4.69) is 0 Å². The van der Waals surface area contributed by atoms with Crippen LogP contribution in [0.2, 0.25) is 0 Å². The van der Waals surface area contributed by atoms with Crippen LogP contribution in [-0.4, -0.2) is 36.2 Å². The minimum Gasteiger partial charge on any atom is -0.368 e. The molecule has 0 spiro atoms. The Labute approximate surface area is 138 Å². The molecule has 0 aromatic heterocycles. The van der Waals surface area contributed by atoms with Gasteiger partial charge in [0, 0.05) is 13.2 Å². The second-order valence-electron chi connectivity index (χ2n) is 6.11. The molecule has 1 aromatic rings. The zero-order valence-electron chi connectivity index (χ0n) is 13.3. The number of rotatable bonds is 4. The third kappa shape index (κ3) is 5.24. The molecule has 2 rings (SSSR count). The van der Waals surface area contributed by atoms with Crippen molar-refractivity contribution < 1.29 is 22.7 Å². The van der Waals surface area contributed by atoms with E-state index in [9.17, 15) is 18.0 Å². The number of benzene rings is 1. The summed E-state index contributed by atoms with van der Waals surface area (Å²) in [5.74, 6) is -0.390. The monoisotopic (exact) mass is 340 g/mol. The second kappa shape index (κ2) is 7.67. The van der Waals surface area contributed by atoms with Gasteiger partial charge in [-0.25, -0.2) is 0 Å². The molecule has 0 radical (unpaired) electrons. The van der Waals surface area contributed by atoms with E-state index in [4.69, 9.17) is 10.00 Å². The number of nitrogens with zero attached hydrogens (tertiary/aromatic N) is 2. The lowest BCUT2D eigenvalue weighted by Crippen LogP contribution is -2.46. The lowest BCUT2D eigenvalue weighted by Gasteiger charge is -2.32. The molecule has 7 heteroatoms. The van der Waals surface area contributed by atoms with E-state index in [1.54, 1.807) is 12.1 Å². The predicted molar refractivity (Wildman–Crippen MR) is 80.8 cm³/mol.